The number of unbranched alkanes of at least 4 members (excludes halogenated alkanes) is 2. The summed E-state index contributed by atoms with van der Waals surface area (Å²) >= 11 is 2.10. The molecular weight excluding hydrogens is 882 g/mol. The Morgan fingerprint density at radius 2 is 1.31 bits per heavy atom. The molecule has 6 aliphatic carbocycles. The Hall–Kier alpha value is -0.440. The first-order chi connectivity index (χ1) is 30.4. The van der Waals surface area contributed by atoms with Gasteiger partial charge in [0.25, 0.3) is 0 Å². The Morgan fingerprint density at radius 3 is 1.97 bits per heavy atom. The average Bonchev–Trinajstić information content (AvgIpc) is 3.61. The fraction of sp³-hybridized carbons (Fsp3) is 0.827. The normalized spacial score (nSPS) is 36.1. The molecule has 0 aromatic heterocycles. The zero-order valence-corrected chi connectivity index (χ0v) is 45.3. The molecule has 8 aliphatic rings. The minimum atomic E-state index is -4.24. The first-order valence-electron chi connectivity index (χ1n) is 26.0. The molecule has 8 atom stereocenters. The average molecular weight is 964 g/mol. The number of likely N-dealkylation sites (tertiary alicyclic amines) is 1. The van der Waals surface area contributed by atoms with Crippen LogP contribution in [0.15, 0.2) is 46.1 Å². The van der Waals surface area contributed by atoms with Crippen molar-refractivity contribution in [2.75, 3.05) is 24.6 Å². The van der Waals surface area contributed by atoms with Crippen molar-refractivity contribution in [3.8, 4) is 0 Å². The van der Waals surface area contributed by atoms with Gasteiger partial charge in [-0.05, 0) is 157 Å². The molecule has 8 rings (SSSR count). The summed E-state index contributed by atoms with van der Waals surface area (Å²) in [5, 5.41) is 0.533. The van der Waals surface area contributed by atoms with Crippen molar-refractivity contribution >= 4 is 37.7 Å². The van der Waals surface area contributed by atoms with Gasteiger partial charge in [-0.3, -0.25) is 0 Å². The van der Waals surface area contributed by atoms with Crippen LogP contribution in [-0.2, 0) is 20.2 Å². The maximum Gasteiger partial charge on any atom is 1.00 e. The van der Waals surface area contributed by atoms with E-state index in [9.17, 15) is 25.9 Å². The standard InChI is InChI=1S/C52H83N3O6S3.Na/c1-51(2)46(54(32-9-11-34-63(56,57)58)44-28-20-36-14-5-7-18-42(36)48(44)51)30-22-38-16-13-17-39(50(38)62-41-26-24-40(53)25-27-41)23-31-47-52(3,4)49-43-19-8-6-15-37(43)21-29-45(49)55(47)33-10-12-35-64(59,60)61;/h22-23,30-31,36-37,40-45,48-49H,5-21,24-29,32-35,53H2,1-4H3,(H-,56,57,58,59,60,61);/q;+1/p-1. The number of fused-ring (bicyclic) bond motifs is 6. The molecular formula is C52H82N3NaO6S3. The third-order valence-corrected chi connectivity index (χ3v) is 21.4. The number of rotatable bonds is 15. The fourth-order valence-corrected chi connectivity index (χ4v) is 18.0. The minimum Gasteiger partial charge on any atom is -0.748 e. The summed E-state index contributed by atoms with van der Waals surface area (Å²) in [6, 6.07) is 1.20. The van der Waals surface area contributed by atoms with E-state index in [4.69, 9.17) is 5.73 Å². The monoisotopic (exact) mass is 964 g/mol. The Kier molecular flexibility index (Phi) is 17.7. The van der Waals surface area contributed by atoms with E-state index < -0.39 is 20.2 Å². The second-order valence-corrected chi connectivity index (χ2v) is 27.2. The second kappa shape index (κ2) is 21.9. The van der Waals surface area contributed by atoms with Crippen molar-refractivity contribution in [1.29, 1.82) is 0 Å². The van der Waals surface area contributed by atoms with Gasteiger partial charge in [-0.25, -0.2) is 21.4 Å². The molecule has 0 aromatic carbocycles. The molecule has 0 spiro atoms. The predicted octanol–water partition coefficient (Wildman–Crippen LogP) is 7.45. The van der Waals surface area contributed by atoms with Crippen molar-refractivity contribution in [2.24, 2.45) is 52.1 Å². The van der Waals surface area contributed by atoms with Gasteiger partial charge >= 0.3 is 29.6 Å². The molecule has 2 heterocycles. The summed E-state index contributed by atoms with van der Waals surface area (Å²) in [5.41, 5.74) is 12.1. The Balaban J connectivity index is 0.00000630. The number of nitrogens with two attached hydrogens (primary N) is 1. The molecule has 360 valence electrons. The van der Waals surface area contributed by atoms with Gasteiger partial charge in [-0.2, -0.15) is 0 Å². The molecule has 13 heteroatoms. The van der Waals surface area contributed by atoms with E-state index in [0.29, 0.717) is 60.9 Å². The number of nitrogens with zero attached hydrogens (tertiary/aromatic N) is 2. The van der Waals surface area contributed by atoms with Crippen LogP contribution in [0.2, 0.25) is 0 Å². The van der Waals surface area contributed by atoms with Crippen LogP contribution >= 0.6 is 11.8 Å². The summed E-state index contributed by atoms with van der Waals surface area (Å²) in [4.78, 5) is 4.11. The van der Waals surface area contributed by atoms with Crippen LogP contribution in [-0.4, -0.2) is 89.1 Å². The van der Waals surface area contributed by atoms with Crippen LogP contribution in [0.4, 0.5) is 0 Å². The maximum atomic E-state index is 11.6. The number of thioether (sulfide) groups is 1. The first kappa shape index (κ1) is 52.4. The zero-order chi connectivity index (χ0) is 45.4. The SMILES string of the molecule is CC1(C)C(/C=C/C2=C(SC3CCC(N)CC3)C(=C/C=C3/N(CCCCS(=O)(=O)[O-])C4CCC5CCCCC5C4C3(C)C)/CCC2)=[N+](CCCCS(=O)(=O)[O-])C2CCC3CCCCC3C21.[Na+]. The summed E-state index contributed by atoms with van der Waals surface area (Å²) in [6.45, 7) is 11.5. The van der Waals surface area contributed by atoms with Crippen LogP contribution in [0.25, 0.3) is 0 Å². The predicted molar refractivity (Wildman–Crippen MR) is 260 cm³/mol. The van der Waals surface area contributed by atoms with Gasteiger partial charge in [0, 0.05) is 76.2 Å². The fourth-order valence-electron chi connectivity index (χ4n) is 15.4. The summed E-state index contributed by atoms with van der Waals surface area (Å²) in [6.07, 6.45) is 35.3. The first-order valence-corrected chi connectivity index (χ1v) is 30.0. The Labute approximate surface area is 421 Å². The van der Waals surface area contributed by atoms with E-state index in [1.807, 2.05) is 0 Å². The van der Waals surface area contributed by atoms with Gasteiger partial charge in [-0.15, -0.1) is 11.8 Å². The molecule has 0 radical (unpaired) electrons. The van der Waals surface area contributed by atoms with Gasteiger partial charge < -0.3 is 19.7 Å². The molecule has 2 N–H and O–H groups in total. The molecule has 1 saturated heterocycles. The van der Waals surface area contributed by atoms with Crippen LogP contribution in [0.1, 0.15) is 175 Å². The zero-order valence-electron chi connectivity index (χ0n) is 40.8. The van der Waals surface area contributed by atoms with E-state index in [0.717, 1.165) is 81.7 Å². The second-order valence-electron chi connectivity index (χ2n) is 22.9. The van der Waals surface area contributed by atoms with Crippen molar-refractivity contribution in [3.05, 3.63) is 46.1 Å². The van der Waals surface area contributed by atoms with Gasteiger partial charge in [0.1, 0.15) is 6.54 Å². The van der Waals surface area contributed by atoms with Crippen molar-refractivity contribution in [1.82, 2.24) is 4.90 Å². The van der Waals surface area contributed by atoms with Crippen molar-refractivity contribution in [2.45, 2.75) is 199 Å². The topological polar surface area (TPSA) is 147 Å². The molecule has 9 nitrogen and oxygen atoms in total. The molecule has 0 aromatic rings. The maximum absolute atomic E-state index is 11.6. The van der Waals surface area contributed by atoms with Crippen LogP contribution in [0.3, 0.4) is 0 Å². The van der Waals surface area contributed by atoms with E-state index >= 15 is 0 Å². The number of hydrogen-bond acceptors (Lipinski definition) is 9. The van der Waals surface area contributed by atoms with E-state index in [1.54, 1.807) is 0 Å². The van der Waals surface area contributed by atoms with Gasteiger partial charge in [0.2, 0.25) is 0 Å². The summed E-state index contributed by atoms with van der Waals surface area (Å²) < 4.78 is 72.3. The van der Waals surface area contributed by atoms with E-state index in [1.165, 1.54) is 105 Å². The molecule has 65 heavy (non-hydrogen) atoms. The van der Waals surface area contributed by atoms with Gasteiger partial charge in [-0.1, -0.05) is 64.5 Å². The molecule has 2 aliphatic heterocycles. The largest absolute Gasteiger partial charge is 1.00 e. The van der Waals surface area contributed by atoms with Crippen molar-refractivity contribution < 1.29 is 60.1 Å². The van der Waals surface area contributed by atoms with Gasteiger partial charge in [0.05, 0.1) is 25.7 Å². The Bertz CT molecular complexity index is 2070. The molecule has 5 saturated carbocycles. The van der Waals surface area contributed by atoms with E-state index in [-0.39, 0.29) is 51.9 Å². The molecule has 0 bridgehead atoms. The van der Waals surface area contributed by atoms with E-state index in [2.05, 4.69) is 73.2 Å². The van der Waals surface area contributed by atoms with Crippen molar-refractivity contribution in [3.63, 3.8) is 0 Å². The van der Waals surface area contributed by atoms with Gasteiger partial charge in [0.15, 0.2) is 11.8 Å². The number of hydrogen-bond donors (Lipinski definition) is 1. The van der Waals surface area contributed by atoms with Crippen LogP contribution in [0.5, 0.6) is 0 Å². The molecule has 0 amide bonds. The quantitative estimate of drug-likeness (QED) is 0.0766. The minimum absolute atomic E-state index is 0. The number of allylic oxidation sites excluding steroid dienone is 7. The summed E-state index contributed by atoms with van der Waals surface area (Å²) in [7, 11) is -8.47. The third-order valence-electron chi connectivity index (χ3n) is 18.2. The Morgan fingerprint density at radius 1 is 0.692 bits per heavy atom. The van der Waals surface area contributed by atoms with Crippen LogP contribution < -0.4 is 35.3 Å². The molecule has 6 fully saturated rings. The molecule has 8 unspecified atom stereocenters. The smallest absolute Gasteiger partial charge is 0.748 e. The summed E-state index contributed by atoms with van der Waals surface area (Å²) in [5.74, 6) is 3.64. The van der Waals surface area contributed by atoms with Crippen LogP contribution in [0, 0.1) is 46.3 Å². The third kappa shape index (κ3) is 12.0.